The van der Waals surface area contributed by atoms with Gasteiger partial charge in [0.2, 0.25) is 5.91 Å². The maximum Gasteiger partial charge on any atom is 0.255 e. The maximum absolute atomic E-state index is 14.9. The predicted octanol–water partition coefficient (Wildman–Crippen LogP) is 1.81. The Morgan fingerprint density at radius 1 is 1.21 bits per heavy atom. The highest BCUT2D eigenvalue weighted by Gasteiger charge is 2.23. The average molecular weight is 461 g/mol. The molecule has 1 aliphatic heterocycles. The molecule has 1 saturated heterocycles. The van der Waals surface area contributed by atoms with Gasteiger partial charge < -0.3 is 26.6 Å². The molecule has 0 radical (unpaired) electrons. The van der Waals surface area contributed by atoms with Crippen molar-refractivity contribution in [1.82, 2.24) is 15.6 Å². The summed E-state index contributed by atoms with van der Waals surface area (Å²) in [5.41, 5.74) is 6.14. The molecule has 0 bridgehead atoms. The molecule has 1 aromatic carbocycles. The third-order valence-corrected chi connectivity index (χ3v) is 5.36. The van der Waals surface area contributed by atoms with Crippen molar-refractivity contribution in [2.75, 3.05) is 42.9 Å². The number of benzene rings is 1. The van der Waals surface area contributed by atoms with Gasteiger partial charge in [0.25, 0.3) is 5.91 Å². The van der Waals surface area contributed by atoms with Gasteiger partial charge in [0.05, 0.1) is 12.1 Å². The fourth-order valence-electron chi connectivity index (χ4n) is 3.68. The van der Waals surface area contributed by atoms with E-state index in [0.29, 0.717) is 26.1 Å². The zero-order valence-corrected chi connectivity index (χ0v) is 18.7. The van der Waals surface area contributed by atoms with Crippen LogP contribution in [0.25, 0.3) is 0 Å². The maximum atomic E-state index is 14.9. The Kier molecular flexibility index (Phi) is 8.53. The Morgan fingerprint density at radius 3 is 2.67 bits per heavy atom. The molecule has 2 amide bonds. The van der Waals surface area contributed by atoms with Crippen LogP contribution in [0.5, 0.6) is 0 Å². The van der Waals surface area contributed by atoms with Gasteiger partial charge in [0.1, 0.15) is 11.6 Å². The Labute approximate surface area is 191 Å². The van der Waals surface area contributed by atoms with Gasteiger partial charge >= 0.3 is 0 Å². The summed E-state index contributed by atoms with van der Waals surface area (Å²) in [4.78, 5) is 30.5. The van der Waals surface area contributed by atoms with Gasteiger partial charge in [-0.2, -0.15) is 0 Å². The predicted molar refractivity (Wildman–Crippen MR) is 123 cm³/mol. The molecular formula is C23H30F2N6O2. The van der Waals surface area contributed by atoms with Crippen molar-refractivity contribution >= 4 is 23.5 Å². The van der Waals surface area contributed by atoms with Crippen LogP contribution in [0.4, 0.5) is 20.4 Å². The number of hydrogen-bond donors (Lipinski definition) is 4. The molecule has 2 heterocycles. The lowest BCUT2D eigenvalue weighted by atomic mass is 10.1. The van der Waals surface area contributed by atoms with Crippen LogP contribution in [0.15, 0.2) is 30.3 Å². The molecule has 0 saturated carbocycles. The normalized spacial score (nSPS) is 14.1. The zero-order valence-electron chi connectivity index (χ0n) is 18.7. The van der Waals surface area contributed by atoms with E-state index in [4.69, 9.17) is 5.73 Å². The van der Waals surface area contributed by atoms with Gasteiger partial charge in [-0.05, 0) is 49.9 Å². The highest BCUT2D eigenvalue weighted by atomic mass is 19.1. The number of amides is 2. The summed E-state index contributed by atoms with van der Waals surface area (Å²) in [5, 5.41) is 8.45. The summed E-state index contributed by atoms with van der Waals surface area (Å²) in [6, 6.07) is 7.10. The van der Waals surface area contributed by atoms with Crippen molar-refractivity contribution in [2.45, 2.75) is 32.2 Å². The standard InChI is InChI=1S/C23H30F2N6O2/c1-15(29-20(32)13-26)14-28-23(33)18-12-19(25)22(31-9-2-3-10-31)30-21(18)27-8-7-16-5-4-6-17(24)11-16/h4-6,11-12,15H,2-3,7-10,13-14,26H2,1H3,(H,27,30)(H,28,33)(H,29,32)/t15-/m1/s1. The SMILES string of the molecule is C[C@H](CNC(=O)c1cc(F)c(N2CCCC2)nc1NCCc1cccc(F)c1)NC(=O)CN. The van der Waals surface area contributed by atoms with Crippen LogP contribution in [-0.4, -0.2) is 55.6 Å². The van der Waals surface area contributed by atoms with Gasteiger partial charge in [-0.3, -0.25) is 9.59 Å². The number of pyridine rings is 1. The van der Waals surface area contributed by atoms with E-state index in [1.165, 1.54) is 18.2 Å². The molecule has 1 aromatic heterocycles. The highest BCUT2D eigenvalue weighted by molar-refractivity contribution is 5.99. The molecule has 1 fully saturated rings. The Bertz CT molecular complexity index is 981. The lowest BCUT2D eigenvalue weighted by Crippen LogP contribution is -2.44. The van der Waals surface area contributed by atoms with Crippen LogP contribution in [0.2, 0.25) is 0 Å². The molecule has 8 nitrogen and oxygen atoms in total. The number of nitrogens with one attached hydrogen (secondary N) is 3. The van der Waals surface area contributed by atoms with Crippen LogP contribution >= 0.6 is 0 Å². The van der Waals surface area contributed by atoms with Gasteiger partial charge in [-0.1, -0.05) is 12.1 Å². The summed E-state index contributed by atoms with van der Waals surface area (Å²) < 4.78 is 28.3. The number of hydrogen-bond acceptors (Lipinski definition) is 6. The van der Waals surface area contributed by atoms with Crippen LogP contribution in [0, 0.1) is 11.6 Å². The molecule has 2 aromatic rings. The largest absolute Gasteiger partial charge is 0.369 e. The second kappa shape index (κ2) is 11.6. The summed E-state index contributed by atoms with van der Waals surface area (Å²) in [7, 11) is 0. The zero-order chi connectivity index (χ0) is 23.8. The lowest BCUT2D eigenvalue weighted by molar-refractivity contribution is -0.120. The minimum Gasteiger partial charge on any atom is -0.369 e. The Morgan fingerprint density at radius 2 is 1.97 bits per heavy atom. The summed E-state index contributed by atoms with van der Waals surface area (Å²) in [5.74, 6) is -1.27. The summed E-state index contributed by atoms with van der Waals surface area (Å²) in [6.07, 6.45) is 2.41. The second-order valence-electron chi connectivity index (χ2n) is 8.07. The number of rotatable bonds is 10. The van der Waals surface area contributed by atoms with Crippen molar-refractivity contribution in [3.05, 3.63) is 53.1 Å². The van der Waals surface area contributed by atoms with E-state index in [2.05, 4.69) is 20.9 Å². The van der Waals surface area contributed by atoms with E-state index in [1.54, 1.807) is 13.0 Å². The minimum atomic E-state index is -0.567. The van der Waals surface area contributed by atoms with E-state index in [0.717, 1.165) is 18.4 Å². The smallest absolute Gasteiger partial charge is 0.255 e. The number of nitrogens with zero attached hydrogens (tertiary/aromatic N) is 2. The van der Waals surface area contributed by atoms with E-state index < -0.39 is 11.7 Å². The van der Waals surface area contributed by atoms with Crippen molar-refractivity contribution < 1.29 is 18.4 Å². The number of aromatic nitrogens is 1. The molecule has 33 heavy (non-hydrogen) atoms. The Hall–Kier alpha value is -3.27. The third kappa shape index (κ3) is 6.85. The number of nitrogens with two attached hydrogens (primary N) is 1. The first kappa shape index (κ1) is 24.4. The monoisotopic (exact) mass is 460 g/mol. The fraction of sp³-hybridized carbons (Fsp3) is 0.435. The Balaban J connectivity index is 1.74. The van der Waals surface area contributed by atoms with E-state index >= 15 is 0 Å². The van der Waals surface area contributed by atoms with Crippen LogP contribution in [-0.2, 0) is 11.2 Å². The fourth-order valence-corrected chi connectivity index (χ4v) is 3.68. The molecule has 1 atom stereocenters. The molecular weight excluding hydrogens is 430 g/mol. The van der Waals surface area contributed by atoms with Crippen LogP contribution in [0.3, 0.4) is 0 Å². The van der Waals surface area contributed by atoms with Gasteiger partial charge in [-0.25, -0.2) is 13.8 Å². The van der Waals surface area contributed by atoms with Gasteiger partial charge in [0, 0.05) is 32.2 Å². The molecule has 1 aliphatic rings. The number of carbonyl (C=O) groups excluding carboxylic acids is 2. The summed E-state index contributed by atoms with van der Waals surface area (Å²) >= 11 is 0. The first-order valence-electron chi connectivity index (χ1n) is 11.1. The van der Waals surface area contributed by atoms with Crippen molar-refractivity contribution in [1.29, 1.82) is 0 Å². The average Bonchev–Trinajstić information content (AvgIpc) is 3.33. The molecule has 3 rings (SSSR count). The minimum absolute atomic E-state index is 0.0621. The first-order valence-corrected chi connectivity index (χ1v) is 11.1. The van der Waals surface area contributed by atoms with Crippen LogP contribution < -0.4 is 26.6 Å². The number of carbonyl (C=O) groups is 2. The third-order valence-electron chi connectivity index (χ3n) is 5.36. The highest BCUT2D eigenvalue weighted by Crippen LogP contribution is 2.26. The van der Waals surface area contributed by atoms with Crippen LogP contribution in [0.1, 0.15) is 35.7 Å². The molecule has 0 spiro atoms. The first-order chi connectivity index (χ1) is 15.9. The van der Waals surface area contributed by atoms with Gasteiger partial charge in [0.15, 0.2) is 11.6 Å². The van der Waals surface area contributed by atoms with E-state index in [1.807, 2.05) is 11.0 Å². The van der Waals surface area contributed by atoms with Crippen molar-refractivity contribution in [3.63, 3.8) is 0 Å². The summed E-state index contributed by atoms with van der Waals surface area (Å²) in [6.45, 7) is 3.51. The number of anilines is 2. The molecule has 0 unspecified atom stereocenters. The van der Waals surface area contributed by atoms with E-state index in [9.17, 15) is 18.4 Å². The molecule has 0 aliphatic carbocycles. The molecule has 10 heteroatoms. The topological polar surface area (TPSA) is 112 Å². The van der Waals surface area contributed by atoms with Crippen molar-refractivity contribution in [3.8, 4) is 0 Å². The number of halogens is 2. The second-order valence-corrected chi connectivity index (χ2v) is 8.07. The molecule has 178 valence electrons. The van der Waals surface area contributed by atoms with E-state index in [-0.39, 0.29) is 48.1 Å². The quantitative estimate of drug-likeness (QED) is 0.430. The lowest BCUT2D eigenvalue weighted by Gasteiger charge is -2.20. The van der Waals surface area contributed by atoms with Crippen molar-refractivity contribution in [2.24, 2.45) is 5.73 Å². The molecule has 5 N–H and O–H groups in total. The van der Waals surface area contributed by atoms with Gasteiger partial charge in [-0.15, -0.1) is 0 Å².